The molecule has 1 aromatic carbocycles. The van der Waals surface area contributed by atoms with Crippen molar-refractivity contribution in [2.45, 2.75) is 19.3 Å². The van der Waals surface area contributed by atoms with Crippen LogP contribution in [-0.4, -0.2) is 29.2 Å². The highest BCUT2D eigenvalue weighted by Gasteiger charge is 2.10. The van der Waals surface area contributed by atoms with Gasteiger partial charge in [0.05, 0.1) is 7.11 Å². The summed E-state index contributed by atoms with van der Waals surface area (Å²) in [7, 11) is 1.33. The number of nitrogens with zero attached hydrogens (tertiary/aromatic N) is 2. The Morgan fingerprint density at radius 2 is 1.95 bits per heavy atom. The zero-order chi connectivity index (χ0) is 15.1. The number of rotatable bonds is 6. The van der Waals surface area contributed by atoms with Gasteiger partial charge in [-0.25, -0.2) is 0 Å². The number of ether oxygens (including phenoxy) is 1. The van der Waals surface area contributed by atoms with Gasteiger partial charge < -0.3 is 10.1 Å². The quantitative estimate of drug-likeness (QED) is 0.829. The lowest BCUT2D eigenvalue weighted by atomic mass is 10.2. The second-order valence-electron chi connectivity index (χ2n) is 4.26. The summed E-state index contributed by atoms with van der Waals surface area (Å²) in [6.07, 6.45) is 0.924. The minimum absolute atomic E-state index is 0.185. The number of hydrogen-bond acceptors (Lipinski definition) is 6. The summed E-state index contributed by atoms with van der Waals surface area (Å²) < 4.78 is 4.51. The molecule has 0 aliphatic carbocycles. The van der Waals surface area contributed by atoms with Gasteiger partial charge in [0.2, 0.25) is 11.0 Å². The zero-order valence-electron chi connectivity index (χ0n) is 11.5. The summed E-state index contributed by atoms with van der Waals surface area (Å²) in [4.78, 5) is 22.6. The Morgan fingerprint density at radius 1 is 1.19 bits per heavy atom. The fraction of sp³-hybridized carbons (Fsp3) is 0.286. The van der Waals surface area contributed by atoms with Gasteiger partial charge in [0, 0.05) is 18.4 Å². The molecule has 0 radical (unpaired) electrons. The van der Waals surface area contributed by atoms with Crippen molar-refractivity contribution in [3.05, 3.63) is 30.3 Å². The van der Waals surface area contributed by atoms with Crippen LogP contribution in [0.2, 0.25) is 0 Å². The highest BCUT2D eigenvalue weighted by atomic mass is 32.1. The molecule has 0 spiro atoms. The number of amides is 1. The molecular formula is C14H15N3O3S. The number of carbonyl (C=O) groups is 2. The summed E-state index contributed by atoms with van der Waals surface area (Å²) in [5.74, 6) is -0.500. The van der Waals surface area contributed by atoms with E-state index in [1.165, 1.54) is 18.4 Å². The first-order chi connectivity index (χ1) is 10.2. The van der Waals surface area contributed by atoms with E-state index in [0.29, 0.717) is 11.6 Å². The molecule has 0 atom stereocenters. The molecule has 0 saturated heterocycles. The largest absolute Gasteiger partial charge is 0.469 e. The topological polar surface area (TPSA) is 81.2 Å². The molecule has 0 bridgehead atoms. The number of carbonyl (C=O) groups excluding carboxylic acids is 2. The molecule has 21 heavy (non-hydrogen) atoms. The average Bonchev–Trinajstić information content (AvgIpc) is 2.96. The third-order valence-electron chi connectivity index (χ3n) is 2.70. The average molecular weight is 305 g/mol. The first-order valence-corrected chi connectivity index (χ1v) is 7.26. The molecule has 110 valence electrons. The number of benzene rings is 1. The summed E-state index contributed by atoms with van der Waals surface area (Å²) in [5, 5.41) is 11.9. The molecule has 1 aromatic heterocycles. The van der Waals surface area contributed by atoms with E-state index in [1.807, 2.05) is 30.3 Å². The van der Waals surface area contributed by atoms with Crippen LogP contribution in [0, 0.1) is 0 Å². The van der Waals surface area contributed by atoms with Crippen molar-refractivity contribution in [2.24, 2.45) is 0 Å². The summed E-state index contributed by atoms with van der Waals surface area (Å²) in [5.41, 5.74) is 0.959. The fourth-order valence-electron chi connectivity index (χ4n) is 1.65. The van der Waals surface area contributed by atoms with Gasteiger partial charge in [0.25, 0.3) is 0 Å². The molecule has 1 heterocycles. The van der Waals surface area contributed by atoms with E-state index < -0.39 is 0 Å². The van der Waals surface area contributed by atoms with Crippen molar-refractivity contribution < 1.29 is 14.3 Å². The van der Waals surface area contributed by atoms with Gasteiger partial charge in [-0.1, -0.05) is 41.7 Å². The van der Waals surface area contributed by atoms with Crippen LogP contribution in [0.5, 0.6) is 0 Å². The van der Waals surface area contributed by atoms with E-state index >= 15 is 0 Å². The van der Waals surface area contributed by atoms with Crippen LogP contribution in [0.1, 0.15) is 19.3 Å². The van der Waals surface area contributed by atoms with Gasteiger partial charge in [-0.2, -0.15) is 0 Å². The van der Waals surface area contributed by atoms with E-state index in [0.717, 1.165) is 10.6 Å². The first-order valence-electron chi connectivity index (χ1n) is 6.44. The molecular weight excluding hydrogens is 290 g/mol. The van der Waals surface area contributed by atoms with Crippen LogP contribution < -0.4 is 5.32 Å². The molecule has 0 fully saturated rings. The van der Waals surface area contributed by atoms with Crippen LogP contribution in [0.3, 0.4) is 0 Å². The van der Waals surface area contributed by atoms with Crippen LogP contribution in [0.25, 0.3) is 10.6 Å². The number of anilines is 1. The minimum Gasteiger partial charge on any atom is -0.469 e. The Hall–Kier alpha value is -2.28. The van der Waals surface area contributed by atoms with Gasteiger partial charge in [-0.15, -0.1) is 10.2 Å². The van der Waals surface area contributed by atoms with Gasteiger partial charge >= 0.3 is 5.97 Å². The standard InChI is InChI=1S/C14H15N3O3S/c1-20-12(19)9-5-8-11(18)15-14-17-16-13(21-14)10-6-3-2-4-7-10/h2-4,6-7H,5,8-9H2,1H3,(H,15,17,18). The number of methoxy groups -OCH3 is 1. The Balaban J connectivity index is 1.85. The lowest BCUT2D eigenvalue weighted by molar-refractivity contribution is -0.140. The Kier molecular flexibility index (Phi) is 5.39. The van der Waals surface area contributed by atoms with Crippen molar-refractivity contribution in [1.82, 2.24) is 10.2 Å². The molecule has 6 nitrogen and oxygen atoms in total. The summed E-state index contributed by atoms with van der Waals surface area (Å²) in [6.45, 7) is 0. The van der Waals surface area contributed by atoms with Crippen LogP contribution in [0.4, 0.5) is 5.13 Å². The number of aromatic nitrogens is 2. The maximum Gasteiger partial charge on any atom is 0.305 e. The second kappa shape index (κ2) is 7.49. The van der Waals surface area contributed by atoms with Gasteiger partial charge in [0.15, 0.2) is 0 Å². The maximum atomic E-state index is 11.7. The zero-order valence-corrected chi connectivity index (χ0v) is 12.4. The van der Waals surface area contributed by atoms with Crippen molar-refractivity contribution in [3.8, 4) is 10.6 Å². The van der Waals surface area contributed by atoms with E-state index in [2.05, 4.69) is 20.3 Å². The number of esters is 1. The molecule has 2 aromatic rings. The van der Waals surface area contributed by atoms with E-state index in [4.69, 9.17) is 0 Å². The lowest BCUT2D eigenvalue weighted by Gasteiger charge is -2.00. The molecule has 0 unspecified atom stereocenters. The highest BCUT2D eigenvalue weighted by molar-refractivity contribution is 7.18. The predicted octanol–water partition coefficient (Wildman–Crippen LogP) is 2.49. The third kappa shape index (κ3) is 4.64. The molecule has 0 aliphatic rings. The molecule has 7 heteroatoms. The number of nitrogens with one attached hydrogen (secondary N) is 1. The van der Waals surface area contributed by atoms with Crippen molar-refractivity contribution in [3.63, 3.8) is 0 Å². The Bertz CT molecular complexity index is 613. The molecule has 2 rings (SSSR count). The molecule has 0 saturated carbocycles. The highest BCUT2D eigenvalue weighted by Crippen LogP contribution is 2.25. The Morgan fingerprint density at radius 3 is 2.67 bits per heavy atom. The van der Waals surface area contributed by atoms with Crippen molar-refractivity contribution in [2.75, 3.05) is 12.4 Å². The predicted molar refractivity (Wildman–Crippen MR) is 79.8 cm³/mol. The molecule has 1 amide bonds. The monoisotopic (exact) mass is 305 g/mol. The molecule has 1 N–H and O–H groups in total. The smallest absolute Gasteiger partial charge is 0.305 e. The molecule has 0 aliphatic heterocycles. The van der Waals surface area contributed by atoms with E-state index in [9.17, 15) is 9.59 Å². The third-order valence-corrected chi connectivity index (χ3v) is 3.59. The maximum absolute atomic E-state index is 11.7. The van der Waals surface area contributed by atoms with Gasteiger partial charge in [-0.3, -0.25) is 9.59 Å². The van der Waals surface area contributed by atoms with Crippen molar-refractivity contribution in [1.29, 1.82) is 0 Å². The van der Waals surface area contributed by atoms with Crippen LogP contribution in [0.15, 0.2) is 30.3 Å². The SMILES string of the molecule is COC(=O)CCCC(=O)Nc1nnc(-c2ccccc2)s1. The second-order valence-corrected chi connectivity index (χ2v) is 5.23. The summed E-state index contributed by atoms with van der Waals surface area (Å²) >= 11 is 1.31. The minimum atomic E-state index is -0.315. The van der Waals surface area contributed by atoms with Gasteiger partial charge in [-0.05, 0) is 6.42 Å². The van der Waals surface area contributed by atoms with Crippen LogP contribution in [-0.2, 0) is 14.3 Å². The fourth-order valence-corrected chi connectivity index (χ4v) is 2.41. The lowest BCUT2D eigenvalue weighted by Crippen LogP contribution is -2.12. The normalized spacial score (nSPS) is 10.1. The first kappa shape index (κ1) is 15.1. The van der Waals surface area contributed by atoms with E-state index in [1.54, 1.807) is 0 Å². The van der Waals surface area contributed by atoms with Gasteiger partial charge in [0.1, 0.15) is 5.01 Å². The van der Waals surface area contributed by atoms with E-state index in [-0.39, 0.29) is 24.7 Å². The Labute approximate surface area is 126 Å². The van der Waals surface area contributed by atoms with Crippen molar-refractivity contribution >= 4 is 28.3 Å². The summed E-state index contributed by atoms with van der Waals surface area (Å²) in [6, 6.07) is 9.63. The number of hydrogen-bond donors (Lipinski definition) is 1. The van der Waals surface area contributed by atoms with Crippen LogP contribution >= 0.6 is 11.3 Å².